The minimum Gasteiger partial charge on any atom is -0.484 e. The molecule has 2 N–H and O–H groups in total. The van der Waals surface area contributed by atoms with Crippen LogP contribution in [0.15, 0.2) is 42.5 Å². The van der Waals surface area contributed by atoms with Crippen LogP contribution in [-0.2, 0) is 16.1 Å². The minimum absolute atomic E-state index is 0.0944. The van der Waals surface area contributed by atoms with E-state index in [0.717, 1.165) is 44.1 Å². The normalized spacial score (nSPS) is 14.3. The predicted molar refractivity (Wildman–Crippen MR) is 118 cm³/mol. The fraction of sp³-hybridized carbons (Fsp3) is 0.364. The number of anilines is 1. The van der Waals surface area contributed by atoms with E-state index < -0.39 is 0 Å². The van der Waals surface area contributed by atoms with Gasteiger partial charge in [-0.1, -0.05) is 18.2 Å². The average Bonchev–Trinajstić information content (AvgIpc) is 2.71. The molecule has 3 rings (SSSR count). The molecule has 2 aromatic carbocycles. The predicted octanol–water partition coefficient (Wildman–Crippen LogP) is 3.03. The smallest absolute Gasteiger partial charge is 0.264 e. The third kappa shape index (κ3) is 6.81. The molecule has 0 saturated carbocycles. The van der Waals surface area contributed by atoms with Crippen LogP contribution in [0, 0.1) is 13.8 Å². The van der Waals surface area contributed by atoms with Gasteiger partial charge in [0.25, 0.3) is 5.91 Å². The Labute approximate surface area is 177 Å². The van der Waals surface area contributed by atoms with Crippen LogP contribution >= 0.6 is 12.2 Å². The fourth-order valence-electron chi connectivity index (χ4n) is 2.99. The van der Waals surface area contributed by atoms with Crippen LogP contribution in [0.5, 0.6) is 5.75 Å². The highest BCUT2D eigenvalue weighted by molar-refractivity contribution is 7.80. The van der Waals surface area contributed by atoms with Crippen molar-refractivity contribution < 1.29 is 14.3 Å². The summed E-state index contributed by atoms with van der Waals surface area (Å²) < 4.78 is 10.9. The second-order valence-electron chi connectivity index (χ2n) is 7.12. The molecule has 0 unspecified atom stereocenters. The number of benzene rings is 2. The molecule has 1 amide bonds. The number of ether oxygens (including phenoxy) is 2. The lowest BCUT2D eigenvalue weighted by Crippen LogP contribution is -2.37. The summed E-state index contributed by atoms with van der Waals surface area (Å²) in [6.07, 6.45) is 0. The van der Waals surface area contributed by atoms with Gasteiger partial charge in [0.05, 0.1) is 13.2 Å². The highest BCUT2D eigenvalue weighted by Gasteiger charge is 2.11. The van der Waals surface area contributed by atoms with E-state index >= 15 is 0 Å². The van der Waals surface area contributed by atoms with Gasteiger partial charge in [0, 0.05) is 25.3 Å². The molecule has 0 aromatic heterocycles. The maximum absolute atomic E-state index is 12.1. The molecule has 0 bridgehead atoms. The van der Waals surface area contributed by atoms with Crippen LogP contribution in [0.25, 0.3) is 0 Å². The first-order chi connectivity index (χ1) is 14.0. The van der Waals surface area contributed by atoms with Crippen molar-refractivity contribution in [2.45, 2.75) is 20.4 Å². The largest absolute Gasteiger partial charge is 0.484 e. The first kappa shape index (κ1) is 21.2. The van der Waals surface area contributed by atoms with Gasteiger partial charge >= 0.3 is 0 Å². The van der Waals surface area contributed by atoms with Crippen LogP contribution in [0.1, 0.15) is 16.7 Å². The van der Waals surface area contributed by atoms with Crippen molar-refractivity contribution in [3.63, 3.8) is 0 Å². The van der Waals surface area contributed by atoms with E-state index in [1.54, 1.807) is 0 Å². The van der Waals surface area contributed by atoms with E-state index in [1.807, 2.05) is 44.2 Å². The van der Waals surface area contributed by atoms with Gasteiger partial charge in [0.2, 0.25) is 0 Å². The van der Waals surface area contributed by atoms with Gasteiger partial charge in [-0.25, -0.2) is 0 Å². The summed E-state index contributed by atoms with van der Waals surface area (Å²) >= 11 is 5.22. The average molecular weight is 414 g/mol. The summed E-state index contributed by atoms with van der Waals surface area (Å²) in [6, 6.07) is 13.8. The monoisotopic (exact) mass is 413 g/mol. The molecule has 1 saturated heterocycles. The lowest BCUT2D eigenvalue weighted by atomic mass is 10.1. The lowest BCUT2D eigenvalue weighted by Gasteiger charge is -2.26. The van der Waals surface area contributed by atoms with Gasteiger partial charge in [0.1, 0.15) is 5.75 Å². The first-order valence-corrected chi connectivity index (χ1v) is 10.1. The molecule has 6 nitrogen and oxygen atoms in total. The number of hydrogen-bond donors (Lipinski definition) is 2. The number of nitrogens with zero attached hydrogens (tertiary/aromatic N) is 1. The van der Waals surface area contributed by atoms with Gasteiger partial charge in [-0.3, -0.25) is 15.0 Å². The molecular formula is C22H27N3O3S. The molecule has 0 radical (unpaired) electrons. The van der Waals surface area contributed by atoms with E-state index in [2.05, 4.69) is 27.7 Å². The van der Waals surface area contributed by atoms with E-state index in [0.29, 0.717) is 5.75 Å². The van der Waals surface area contributed by atoms with Crippen molar-refractivity contribution in [1.29, 1.82) is 0 Å². The Morgan fingerprint density at radius 1 is 1.10 bits per heavy atom. The van der Waals surface area contributed by atoms with Crippen LogP contribution in [0.3, 0.4) is 0 Å². The standard InChI is InChI=1S/C22H27N3O3S/c1-16-3-8-20(13-17(16)2)28-15-21(26)24-22(29)23-19-6-4-18(5-7-19)14-25-9-11-27-12-10-25/h3-8,13H,9-12,14-15H2,1-2H3,(H2,23,24,26,29). The number of morpholine rings is 1. The van der Waals surface area contributed by atoms with Crippen LogP contribution in [0.2, 0.25) is 0 Å². The van der Waals surface area contributed by atoms with E-state index in [9.17, 15) is 4.79 Å². The summed E-state index contributed by atoms with van der Waals surface area (Å²) in [5, 5.41) is 5.92. The SMILES string of the molecule is Cc1ccc(OCC(=O)NC(=S)Nc2ccc(CN3CCOCC3)cc2)cc1C. The summed E-state index contributed by atoms with van der Waals surface area (Å²) in [6.45, 7) is 8.35. The van der Waals surface area contributed by atoms with Gasteiger partial charge in [-0.2, -0.15) is 0 Å². The number of amides is 1. The minimum atomic E-state index is -0.301. The molecule has 1 heterocycles. The molecule has 29 heavy (non-hydrogen) atoms. The molecular weight excluding hydrogens is 386 g/mol. The fourth-order valence-corrected chi connectivity index (χ4v) is 3.22. The molecule has 0 atom stereocenters. The number of aryl methyl sites for hydroxylation is 2. The molecule has 1 aliphatic heterocycles. The van der Waals surface area contributed by atoms with Gasteiger partial charge in [-0.05, 0) is 67.0 Å². The zero-order chi connectivity index (χ0) is 20.6. The van der Waals surface area contributed by atoms with Gasteiger partial charge in [-0.15, -0.1) is 0 Å². The Morgan fingerprint density at radius 3 is 2.52 bits per heavy atom. The molecule has 0 aliphatic carbocycles. The van der Waals surface area contributed by atoms with Gasteiger partial charge < -0.3 is 14.8 Å². The number of carbonyl (C=O) groups excluding carboxylic acids is 1. The summed E-state index contributed by atoms with van der Waals surface area (Å²) in [4.78, 5) is 14.4. The first-order valence-electron chi connectivity index (χ1n) is 9.69. The zero-order valence-electron chi connectivity index (χ0n) is 16.9. The maximum Gasteiger partial charge on any atom is 0.264 e. The van der Waals surface area contributed by atoms with Crippen molar-refractivity contribution in [2.75, 3.05) is 38.2 Å². The van der Waals surface area contributed by atoms with Crippen LogP contribution in [-0.4, -0.2) is 48.8 Å². The van der Waals surface area contributed by atoms with Crippen molar-refractivity contribution in [3.05, 3.63) is 59.2 Å². The molecule has 2 aromatic rings. The molecule has 154 valence electrons. The maximum atomic E-state index is 12.1. The number of rotatable bonds is 6. The van der Waals surface area contributed by atoms with E-state index in [1.165, 1.54) is 11.1 Å². The van der Waals surface area contributed by atoms with Crippen molar-refractivity contribution in [1.82, 2.24) is 10.2 Å². The third-order valence-corrected chi connectivity index (χ3v) is 5.03. The molecule has 7 heteroatoms. The summed E-state index contributed by atoms with van der Waals surface area (Å²) in [5.41, 5.74) is 4.37. The van der Waals surface area contributed by atoms with E-state index in [-0.39, 0.29) is 17.6 Å². The number of hydrogen-bond acceptors (Lipinski definition) is 5. The van der Waals surface area contributed by atoms with Crippen molar-refractivity contribution in [3.8, 4) is 5.75 Å². The highest BCUT2D eigenvalue weighted by atomic mass is 32.1. The quantitative estimate of drug-likeness (QED) is 0.710. The van der Waals surface area contributed by atoms with Crippen LogP contribution in [0.4, 0.5) is 5.69 Å². The highest BCUT2D eigenvalue weighted by Crippen LogP contribution is 2.16. The number of nitrogens with one attached hydrogen (secondary N) is 2. The topological polar surface area (TPSA) is 62.8 Å². The Balaban J connectivity index is 1.42. The third-order valence-electron chi connectivity index (χ3n) is 4.82. The van der Waals surface area contributed by atoms with Gasteiger partial charge in [0.15, 0.2) is 11.7 Å². The Hall–Kier alpha value is -2.48. The Bertz CT molecular complexity index is 849. The lowest BCUT2D eigenvalue weighted by molar-refractivity contribution is -0.121. The number of carbonyl (C=O) groups is 1. The molecule has 1 aliphatic rings. The molecule has 1 fully saturated rings. The van der Waals surface area contributed by atoms with E-state index in [4.69, 9.17) is 21.7 Å². The summed E-state index contributed by atoms with van der Waals surface area (Å²) in [5.74, 6) is 0.364. The summed E-state index contributed by atoms with van der Waals surface area (Å²) in [7, 11) is 0. The van der Waals surface area contributed by atoms with Crippen molar-refractivity contribution in [2.24, 2.45) is 0 Å². The zero-order valence-corrected chi connectivity index (χ0v) is 17.7. The molecule has 0 spiro atoms. The van der Waals surface area contributed by atoms with Crippen molar-refractivity contribution >= 4 is 28.9 Å². The second-order valence-corrected chi connectivity index (χ2v) is 7.53. The Morgan fingerprint density at radius 2 is 1.83 bits per heavy atom. The second kappa shape index (κ2) is 10.3. The van der Waals surface area contributed by atoms with Crippen LogP contribution < -0.4 is 15.4 Å². The Kier molecular flexibility index (Phi) is 7.57. The number of thiocarbonyl (C=S) groups is 1.